The van der Waals surface area contributed by atoms with Crippen molar-refractivity contribution in [3.8, 4) is 0 Å². The number of benzene rings is 1. The fraction of sp³-hybridized carbons (Fsp3) is 0.353. The van der Waals surface area contributed by atoms with Crippen LogP contribution in [0.3, 0.4) is 0 Å². The van der Waals surface area contributed by atoms with Crippen LogP contribution >= 0.6 is 11.6 Å². The highest BCUT2D eigenvalue weighted by Gasteiger charge is 2.31. The predicted octanol–water partition coefficient (Wildman–Crippen LogP) is 3.29. The molecule has 2 aromatic rings. The second-order valence-corrected chi connectivity index (χ2v) is 8.68. The van der Waals surface area contributed by atoms with Crippen molar-refractivity contribution in [2.75, 3.05) is 16.4 Å². The van der Waals surface area contributed by atoms with Crippen LogP contribution in [0.4, 0.5) is 5.69 Å². The lowest BCUT2D eigenvalue weighted by Gasteiger charge is -2.23. The lowest BCUT2D eigenvalue weighted by atomic mass is 10.0. The molecular weight excluding hydrogens is 350 g/mol. The molecule has 5 nitrogen and oxygen atoms in total. The Hall–Kier alpha value is -1.79. The molecule has 0 bridgehead atoms. The van der Waals surface area contributed by atoms with E-state index in [4.69, 9.17) is 16.0 Å². The fourth-order valence-corrected chi connectivity index (χ4v) is 4.96. The van der Waals surface area contributed by atoms with Gasteiger partial charge in [-0.1, -0.05) is 17.7 Å². The zero-order chi connectivity index (χ0) is 17.2. The molecule has 24 heavy (non-hydrogen) atoms. The van der Waals surface area contributed by atoms with Crippen molar-refractivity contribution >= 4 is 33.0 Å². The lowest BCUT2D eigenvalue weighted by Crippen LogP contribution is -2.32. The minimum Gasteiger partial charge on any atom is -0.467 e. The number of carbonyl (C=O) groups excluding carboxylic acids is 1. The number of carbonyl (C=O) groups is 1. The topological polar surface area (TPSA) is 67.6 Å². The molecule has 1 saturated heterocycles. The summed E-state index contributed by atoms with van der Waals surface area (Å²) in [6.07, 6.45) is 2.30. The monoisotopic (exact) mass is 367 g/mol. The molecule has 0 saturated carbocycles. The zero-order valence-electron chi connectivity index (χ0n) is 13.0. The summed E-state index contributed by atoms with van der Waals surface area (Å²) in [5, 5.41) is 0.535. The SMILES string of the molecule is O=C(CC1CCS(=O)(=O)C1)N(Cc1ccco1)c1cccc(Cl)c1. The van der Waals surface area contributed by atoms with Crippen LogP contribution in [-0.2, 0) is 21.2 Å². The number of hydrogen-bond acceptors (Lipinski definition) is 4. The largest absolute Gasteiger partial charge is 0.467 e. The Morgan fingerprint density at radius 3 is 2.75 bits per heavy atom. The molecule has 1 aromatic carbocycles. The third-order valence-electron chi connectivity index (χ3n) is 4.11. The molecule has 0 radical (unpaired) electrons. The van der Waals surface area contributed by atoms with Gasteiger partial charge in [-0.05, 0) is 42.7 Å². The number of halogens is 1. The van der Waals surface area contributed by atoms with E-state index in [-0.39, 0.29) is 36.3 Å². The van der Waals surface area contributed by atoms with Crippen LogP contribution < -0.4 is 4.90 Å². The fourth-order valence-electron chi connectivity index (χ4n) is 2.92. The van der Waals surface area contributed by atoms with E-state index in [0.29, 0.717) is 22.9 Å². The summed E-state index contributed by atoms with van der Waals surface area (Å²) >= 11 is 6.04. The first kappa shape index (κ1) is 17.0. The highest BCUT2D eigenvalue weighted by Crippen LogP contribution is 2.26. The maximum Gasteiger partial charge on any atom is 0.227 e. The molecule has 128 valence electrons. The summed E-state index contributed by atoms with van der Waals surface area (Å²) in [6.45, 7) is 0.283. The van der Waals surface area contributed by atoms with Gasteiger partial charge >= 0.3 is 0 Å². The molecule has 7 heteroatoms. The van der Waals surface area contributed by atoms with Gasteiger partial charge in [0.2, 0.25) is 5.91 Å². The molecule has 1 aliphatic heterocycles. The molecule has 1 atom stereocenters. The summed E-state index contributed by atoms with van der Waals surface area (Å²) < 4.78 is 28.6. The van der Waals surface area contributed by atoms with E-state index >= 15 is 0 Å². The van der Waals surface area contributed by atoms with Crippen LogP contribution in [0.2, 0.25) is 5.02 Å². The number of hydrogen-bond donors (Lipinski definition) is 0. The Kier molecular flexibility index (Phi) is 4.96. The van der Waals surface area contributed by atoms with Crippen LogP contribution in [0.15, 0.2) is 47.1 Å². The molecule has 0 spiro atoms. The number of furan rings is 1. The Bertz CT molecular complexity index is 817. The van der Waals surface area contributed by atoms with Gasteiger partial charge in [0.25, 0.3) is 0 Å². The summed E-state index contributed by atoms with van der Waals surface area (Å²) in [6, 6.07) is 10.6. The highest BCUT2D eigenvalue weighted by molar-refractivity contribution is 7.91. The quantitative estimate of drug-likeness (QED) is 0.813. The number of rotatable bonds is 5. The molecule has 3 rings (SSSR count). The molecule has 0 aliphatic carbocycles. The van der Waals surface area contributed by atoms with Gasteiger partial charge in [0.15, 0.2) is 9.84 Å². The minimum absolute atomic E-state index is 0.0862. The smallest absolute Gasteiger partial charge is 0.227 e. The second-order valence-electron chi connectivity index (χ2n) is 6.01. The average molecular weight is 368 g/mol. The van der Waals surface area contributed by atoms with Gasteiger partial charge in [0, 0.05) is 17.1 Å². The van der Waals surface area contributed by atoms with Crippen LogP contribution in [0.25, 0.3) is 0 Å². The first-order valence-corrected chi connectivity index (χ1v) is 9.91. The normalized spacial score (nSPS) is 19.3. The van der Waals surface area contributed by atoms with Gasteiger partial charge in [-0.2, -0.15) is 0 Å². The Balaban J connectivity index is 1.79. The number of amides is 1. The van der Waals surface area contributed by atoms with Crippen molar-refractivity contribution in [3.63, 3.8) is 0 Å². The van der Waals surface area contributed by atoms with Crippen molar-refractivity contribution in [1.82, 2.24) is 0 Å². The molecule has 2 heterocycles. The van der Waals surface area contributed by atoms with Crippen LogP contribution in [-0.4, -0.2) is 25.8 Å². The van der Waals surface area contributed by atoms with E-state index in [1.54, 1.807) is 47.6 Å². The van der Waals surface area contributed by atoms with Gasteiger partial charge in [0.05, 0.1) is 24.3 Å². The average Bonchev–Trinajstić information content (AvgIpc) is 3.14. The lowest BCUT2D eigenvalue weighted by molar-refractivity contribution is -0.119. The second kappa shape index (κ2) is 6.99. The zero-order valence-corrected chi connectivity index (χ0v) is 14.6. The first-order chi connectivity index (χ1) is 11.4. The summed E-state index contributed by atoms with van der Waals surface area (Å²) in [7, 11) is -3.00. The Morgan fingerprint density at radius 1 is 1.29 bits per heavy atom. The van der Waals surface area contributed by atoms with Crippen LogP contribution in [0.5, 0.6) is 0 Å². The van der Waals surface area contributed by atoms with E-state index in [1.807, 2.05) is 0 Å². The molecular formula is C17H18ClNO4S. The summed E-state index contributed by atoms with van der Waals surface area (Å²) in [5.74, 6) is 0.655. The van der Waals surface area contributed by atoms with Crippen molar-refractivity contribution in [3.05, 3.63) is 53.4 Å². The molecule has 1 fully saturated rings. The third kappa shape index (κ3) is 4.19. The standard InChI is InChI=1S/C17H18ClNO4S/c18-14-3-1-4-15(10-14)19(11-16-5-2-7-23-16)17(20)9-13-6-8-24(21,22)12-13/h1-5,7,10,13H,6,8-9,11-12H2. The highest BCUT2D eigenvalue weighted by atomic mass is 35.5. The van der Waals surface area contributed by atoms with E-state index < -0.39 is 9.84 Å². The maximum absolute atomic E-state index is 12.8. The maximum atomic E-state index is 12.8. The van der Waals surface area contributed by atoms with Crippen LogP contribution in [0.1, 0.15) is 18.6 Å². The van der Waals surface area contributed by atoms with E-state index in [0.717, 1.165) is 0 Å². The number of anilines is 1. The van der Waals surface area contributed by atoms with Crippen LogP contribution in [0, 0.1) is 5.92 Å². The number of sulfone groups is 1. The van der Waals surface area contributed by atoms with Gasteiger partial charge in [-0.15, -0.1) is 0 Å². The first-order valence-electron chi connectivity index (χ1n) is 7.72. The van der Waals surface area contributed by atoms with Crippen molar-refractivity contribution < 1.29 is 17.6 Å². The van der Waals surface area contributed by atoms with Gasteiger partial charge in [0.1, 0.15) is 5.76 Å². The molecule has 0 N–H and O–H groups in total. The van der Waals surface area contributed by atoms with Crippen molar-refractivity contribution in [2.45, 2.75) is 19.4 Å². The predicted molar refractivity (Wildman–Crippen MR) is 92.7 cm³/mol. The summed E-state index contributed by atoms with van der Waals surface area (Å²) in [5.41, 5.74) is 0.671. The van der Waals surface area contributed by atoms with Gasteiger partial charge in [-0.3, -0.25) is 4.79 Å². The van der Waals surface area contributed by atoms with E-state index in [2.05, 4.69) is 0 Å². The molecule has 1 aliphatic rings. The van der Waals surface area contributed by atoms with Gasteiger partial charge < -0.3 is 9.32 Å². The minimum atomic E-state index is -3.00. The van der Waals surface area contributed by atoms with Crippen molar-refractivity contribution in [2.24, 2.45) is 5.92 Å². The molecule has 1 aromatic heterocycles. The Morgan fingerprint density at radius 2 is 2.12 bits per heavy atom. The van der Waals surface area contributed by atoms with E-state index in [9.17, 15) is 13.2 Å². The third-order valence-corrected chi connectivity index (χ3v) is 6.18. The summed E-state index contributed by atoms with van der Waals surface area (Å²) in [4.78, 5) is 14.4. The van der Waals surface area contributed by atoms with Gasteiger partial charge in [-0.25, -0.2) is 8.42 Å². The van der Waals surface area contributed by atoms with E-state index in [1.165, 1.54) is 0 Å². The number of nitrogens with zero attached hydrogens (tertiary/aromatic N) is 1. The molecule has 1 unspecified atom stereocenters. The molecule has 1 amide bonds. The Labute approximate surface area is 146 Å². The van der Waals surface area contributed by atoms with Crippen molar-refractivity contribution in [1.29, 1.82) is 0 Å².